The minimum Gasteiger partial charge on any atom is -0.319 e. The van der Waals surface area contributed by atoms with Gasteiger partial charge in [0, 0.05) is 0 Å². The van der Waals surface area contributed by atoms with Gasteiger partial charge in [-0.2, -0.15) is 0 Å². The summed E-state index contributed by atoms with van der Waals surface area (Å²) in [6.45, 7) is 23.6. The van der Waals surface area contributed by atoms with Crippen molar-refractivity contribution in [2.75, 3.05) is 80.0 Å². The molecule has 0 aliphatic rings. The summed E-state index contributed by atoms with van der Waals surface area (Å²) >= 11 is 0. The molecule has 0 aromatic heterocycles. The molecule has 0 amide bonds. The smallest absolute Gasteiger partial charge is 0.0301 e. The van der Waals surface area contributed by atoms with Crippen molar-refractivity contribution in [1.82, 2.24) is 0 Å². The Morgan fingerprint density at radius 3 is 0.219 bits per heavy atom. The molecule has 0 aliphatic carbocycles. The molecule has 0 fully saturated rings. The molecular formula is C24H88N4P4. The standard InChI is InChI=1S/4C3H10NP.12CH4/c4*1-5(2,3)4;;;;;;;;;;;;/h4*4H,1-3H3;12*1H4. The zero-order valence-corrected chi connectivity index (χ0v) is 19.4. The molecule has 32 heavy (non-hydrogen) atoms. The minimum atomic E-state index is -1.14. The molecule has 0 atom stereocenters. The fourth-order valence-electron chi connectivity index (χ4n) is 0. The lowest BCUT2D eigenvalue weighted by atomic mass is 11.9. The second-order valence-corrected chi connectivity index (χ2v) is 24.1. The Labute approximate surface area is 217 Å². The van der Waals surface area contributed by atoms with Gasteiger partial charge in [-0.1, -0.05) is 89.1 Å². The van der Waals surface area contributed by atoms with Gasteiger partial charge in [0.1, 0.15) is 0 Å². The summed E-state index contributed by atoms with van der Waals surface area (Å²) < 4.78 is 0. The van der Waals surface area contributed by atoms with E-state index in [1.165, 1.54) is 0 Å². The summed E-state index contributed by atoms with van der Waals surface area (Å²) in [5.41, 5.74) is 0. The third-order valence-corrected chi connectivity index (χ3v) is 0. The molecule has 0 saturated carbocycles. The van der Waals surface area contributed by atoms with E-state index >= 15 is 0 Å². The maximum atomic E-state index is 7.05. The van der Waals surface area contributed by atoms with Gasteiger partial charge in [-0.3, -0.25) is 0 Å². The molecule has 0 bridgehead atoms. The number of hydrogen-bond donors (Lipinski definition) is 4. The highest BCUT2D eigenvalue weighted by atomic mass is 31.2. The molecule has 0 aromatic rings. The van der Waals surface area contributed by atoms with E-state index < -0.39 is 28.2 Å². The molecule has 8 heteroatoms. The molecule has 0 aromatic carbocycles. The Hall–Kier alpha value is 0.920. The molecule has 0 unspecified atom stereocenters. The van der Waals surface area contributed by atoms with E-state index in [-0.39, 0.29) is 89.1 Å². The molecule has 224 valence electrons. The Morgan fingerprint density at radius 2 is 0.219 bits per heavy atom. The maximum Gasteiger partial charge on any atom is -0.0301 e. The molecule has 4 N–H and O–H groups in total. The number of hydrogen-bond acceptors (Lipinski definition) is 4. The lowest BCUT2D eigenvalue weighted by Gasteiger charge is -1.93. The molecule has 0 radical (unpaired) electrons. The van der Waals surface area contributed by atoms with Crippen LogP contribution in [-0.2, 0) is 0 Å². The highest BCUT2D eigenvalue weighted by Crippen LogP contribution is 2.30. The second-order valence-electron chi connectivity index (χ2n) is 8.05. The Morgan fingerprint density at radius 1 is 0.219 bits per heavy atom. The normalized spacial score (nSPS) is 7.38. The van der Waals surface area contributed by atoms with Crippen LogP contribution in [0.15, 0.2) is 0 Å². The third kappa shape index (κ3) is 32700. The van der Waals surface area contributed by atoms with Gasteiger partial charge >= 0.3 is 0 Å². The summed E-state index contributed by atoms with van der Waals surface area (Å²) in [7, 11) is -4.56. The van der Waals surface area contributed by atoms with Crippen molar-refractivity contribution < 1.29 is 0 Å². The molecule has 0 saturated heterocycles. The SMILES string of the molecule is C.C.C.C.C.C.C.C.C.C.C.C.CP(C)(C)=N.CP(C)(C)=N.CP(C)(C)=N.CP(C)(C)=N. The average molecular weight is 557 g/mol. The lowest BCUT2D eigenvalue weighted by molar-refractivity contribution is 1.58. The maximum absolute atomic E-state index is 7.05. The van der Waals surface area contributed by atoms with Gasteiger partial charge in [0.15, 0.2) is 0 Å². The van der Waals surface area contributed by atoms with Crippen LogP contribution < -0.4 is 0 Å². The predicted molar refractivity (Wildman–Crippen MR) is 190 cm³/mol. The average Bonchev–Trinajstić information content (AvgIpc) is 1.62. The van der Waals surface area contributed by atoms with E-state index in [9.17, 15) is 0 Å². The highest BCUT2D eigenvalue weighted by molar-refractivity contribution is 7.63. The predicted octanol–water partition coefficient (Wildman–Crippen LogP) is 14.3. The highest BCUT2D eigenvalue weighted by Gasteiger charge is 1.83. The van der Waals surface area contributed by atoms with Crippen LogP contribution in [0.3, 0.4) is 0 Å². The molecule has 0 aliphatic heterocycles. The van der Waals surface area contributed by atoms with Crippen LogP contribution >= 0.6 is 28.2 Å². The van der Waals surface area contributed by atoms with Crippen molar-refractivity contribution in [3.05, 3.63) is 0 Å². The number of rotatable bonds is 0. The van der Waals surface area contributed by atoms with Crippen molar-refractivity contribution in [3.63, 3.8) is 0 Å². The van der Waals surface area contributed by atoms with Gasteiger partial charge in [-0.15, -0.1) is 0 Å². The van der Waals surface area contributed by atoms with Crippen LogP contribution in [-0.4, -0.2) is 80.0 Å². The fraction of sp³-hybridized carbons (Fsp3) is 1.00. The van der Waals surface area contributed by atoms with E-state index in [0.29, 0.717) is 0 Å². The summed E-state index contributed by atoms with van der Waals surface area (Å²) in [6, 6.07) is 0. The van der Waals surface area contributed by atoms with Gasteiger partial charge in [0.25, 0.3) is 0 Å². The second kappa shape index (κ2) is 49.1. The molecular weight excluding hydrogens is 468 g/mol. The van der Waals surface area contributed by atoms with E-state index in [1.807, 2.05) is 80.0 Å². The van der Waals surface area contributed by atoms with E-state index in [0.717, 1.165) is 0 Å². The number of nitrogens with one attached hydrogen (secondary N) is 4. The lowest BCUT2D eigenvalue weighted by Crippen LogP contribution is -1.59. The van der Waals surface area contributed by atoms with Gasteiger partial charge < -0.3 is 20.6 Å². The quantitative estimate of drug-likeness (QED) is 0.213. The first-order valence-electron chi connectivity index (χ1n) is 6.26. The first-order valence-corrected chi connectivity index (χ1v) is 18.8. The first kappa shape index (κ1) is 117. The molecule has 0 heterocycles. The summed E-state index contributed by atoms with van der Waals surface area (Å²) in [5, 5.41) is 28.2. The van der Waals surface area contributed by atoms with Crippen LogP contribution in [0, 0.1) is 20.6 Å². The molecule has 0 rings (SSSR count). The van der Waals surface area contributed by atoms with Crippen LogP contribution in [0.2, 0.25) is 0 Å². The largest absolute Gasteiger partial charge is 0.319 e. The Bertz CT molecular complexity index is 299. The Balaban J connectivity index is -0.00000000677. The van der Waals surface area contributed by atoms with Crippen LogP contribution in [0.5, 0.6) is 0 Å². The molecule has 4 nitrogen and oxygen atoms in total. The zero-order chi connectivity index (χ0) is 18.0. The van der Waals surface area contributed by atoms with Gasteiger partial charge in [-0.25, -0.2) is 0 Å². The zero-order valence-electron chi connectivity index (χ0n) is 15.8. The van der Waals surface area contributed by atoms with E-state index in [4.69, 9.17) is 20.6 Å². The van der Waals surface area contributed by atoms with Crippen LogP contribution in [0.4, 0.5) is 0 Å². The summed E-state index contributed by atoms with van der Waals surface area (Å²) in [6.07, 6.45) is 0. The topological polar surface area (TPSA) is 95.4 Å². The van der Waals surface area contributed by atoms with E-state index in [2.05, 4.69) is 0 Å². The minimum absolute atomic E-state index is 0. The molecule has 0 spiro atoms. The summed E-state index contributed by atoms with van der Waals surface area (Å²) in [4.78, 5) is 0. The first-order chi connectivity index (χ1) is 8.00. The van der Waals surface area contributed by atoms with Crippen LogP contribution in [0.25, 0.3) is 0 Å². The van der Waals surface area contributed by atoms with Crippen molar-refractivity contribution >= 4 is 28.2 Å². The monoisotopic (exact) mass is 557 g/mol. The van der Waals surface area contributed by atoms with Crippen molar-refractivity contribution in [2.45, 2.75) is 89.1 Å². The summed E-state index contributed by atoms with van der Waals surface area (Å²) in [5.74, 6) is 0. The van der Waals surface area contributed by atoms with Crippen molar-refractivity contribution in [3.8, 4) is 0 Å². The van der Waals surface area contributed by atoms with Gasteiger partial charge in [0.2, 0.25) is 0 Å². The van der Waals surface area contributed by atoms with Gasteiger partial charge in [0.05, 0.1) is 0 Å². The Kier molecular flexibility index (Phi) is 180. The third-order valence-electron chi connectivity index (χ3n) is 0. The van der Waals surface area contributed by atoms with Crippen molar-refractivity contribution in [2.24, 2.45) is 0 Å². The van der Waals surface area contributed by atoms with Crippen LogP contribution in [0.1, 0.15) is 89.1 Å². The van der Waals surface area contributed by atoms with E-state index in [1.54, 1.807) is 0 Å². The fourth-order valence-corrected chi connectivity index (χ4v) is 0. The van der Waals surface area contributed by atoms with Gasteiger partial charge in [-0.05, 0) is 108 Å². The van der Waals surface area contributed by atoms with Crippen molar-refractivity contribution in [1.29, 1.82) is 20.6 Å².